The van der Waals surface area contributed by atoms with Gasteiger partial charge in [0.1, 0.15) is 12.3 Å². The molecule has 10 heteroatoms. The Hall–Kier alpha value is -3.97. The zero-order valence-electron chi connectivity index (χ0n) is 19.4. The van der Waals surface area contributed by atoms with E-state index in [-0.39, 0.29) is 4.91 Å². The molecule has 0 bridgehead atoms. The molecule has 0 saturated carbocycles. The Labute approximate surface area is 207 Å². The highest BCUT2D eigenvalue weighted by atomic mass is 32.2. The lowest BCUT2D eigenvalue weighted by Crippen LogP contribution is -2.36. The third-order valence-corrected chi connectivity index (χ3v) is 5.71. The number of carbonyl (C=O) groups excluding carboxylic acids is 3. The maximum absolute atomic E-state index is 12.8. The van der Waals surface area contributed by atoms with Gasteiger partial charge in [0, 0.05) is 12.1 Å². The van der Waals surface area contributed by atoms with E-state index in [4.69, 9.17) is 19.5 Å². The largest absolute Gasteiger partial charge is 0.494 e. The molecule has 3 rings (SSSR count). The molecule has 2 aromatic rings. The lowest BCUT2D eigenvalue weighted by molar-refractivity contribution is -0.127. The minimum Gasteiger partial charge on any atom is -0.494 e. The van der Waals surface area contributed by atoms with Crippen molar-refractivity contribution in [1.82, 2.24) is 4.90 Å². The van der Waals surface area contributed by atoms with Crippen LogP contribution in [0.5, 0.6) is 17.2 Å². The molecule has 0 aromatic heterocycles. The van der Waals surface area contributed by atoms with Crippen LogP contribution in [0.4, 0.5) is 10.5 Å². The van der Waals surface area contributed by atoms with Crippen LogP contribution in [0.1, 0.15) is 25.3 Å². The van der Waals surface area contributed by atoms with Gasteiger partial charge in [0.05, 0.1) is 31.3 Å². The average molecular weight is 496 g/mol. The van der Waals surface area contributed by atoms with Gasteiger partial charge in [-0.25, -0.2) is 0 Å². The Bertz CT molecular complexity index is 1160. The molecule has 0 unspecified atom stereocenters. The Morgan fingerprint density at radius 2 is 1.91 bits per heavy atom. The molecule has 35 heavy (non-hydrogen) atoms. The number of rotatable bonds is 11. The maximum atomic E-state index is 12.8. The molecule has 1 N–H and O–H groups in total. The highest BCUT2D eigenvalue weighted by Crippen LogP contribution is 2.34. The van der Waals surface area contributed by atoms with Crippen molar-refractivity contribution < 1.29 is 28.6 Å². The first-order valence-electron chi connectivity index (χ1n) is 10.9. The SMILES string of the molecule is CCOc1ccc(NC(=O)CN2C(=O)S/C(=C\c3ccc(OCCCC#N)c(OC)c3)C2=O)cc1. The Kier molecular flexibility index (Phi) is 9.15. The van der Waals surface area contributed by atoms with Gasteiger partial charge in [-0.3, -0.25) is 19.3 Å². The molecule has 0 atom stereocenters. The normalized spacial score (nSPS) is 14.1. The predicted octanol–water partition coefficient (Wildman–Crippen LogP) is 4.45. The number of anilines is 1. The van der Waals surface area contributed by atoms with Gasteiger partial charge in [0.25, 0.3) is 11.1 Å². The Morgan fingerprint density at radius 3 is 2.60 bits per heavy atom. The van der Waals surface area contributed by atoms with E-state index in [9.17, 15) is 14.4 Å². The number of thioether (sulfide) groups is 1. The molecular formula is C25H25N3O6S. The first kappa shape index (κ1) is 25.6. The van der Waals surface area contributed by atoms with Crippen LogP contribution < -0.4 is 19.5 Å². The van der Waals surface area contributed by atoms with E-state index < -0.39 is 23.6 Å². The summed E-state index contributed by atoms with van der Waals surface area (Å²) in [6, 6.07) is 14.0. The number of unbranched alkanes of at least 4 members (excludes halogenated alkanes) is 1. The van der Waals surface area contributed by atoms with Crippen molar-refractivity contribution in [2.75, 3.05) is 32.2 Å². The number of nitriles is 1. The van der Waals surface area contributed by atoms with E-state index >= 15 is 0 Å². The lowest BCUT2D eigenvalue weighted by atomic mass is 10.2. The van der Waals surface area contributed by atoms with E-state index in [1.807, 2.05) is 6.92 Å². The van der Waals surface area contributed by atoms with Crippen LogP contribution in [0.15, 0.2) is 47.4 Å². The number of imide groups is 1. The number of hydrogen-bond donors (Lipinski definition) is 1. The lowest BCUT2D eigenvalue weighted by Gasteiger charge is -2.13. The highest BCUT2D eigenvalue weighted by molar-refractivity contribution is 8.18. The topological polar surface area (TPSA) is 118 Å². The summed E-state index contributed by atoms with van der Waals surface area (Å²) in [6.07, 6.45) is 2.56. The van der Waals surface area contributed by atoms with Crippen LogP contribution >= 0.6 is 11.8 Å². The predicted molar refractivity (Wildman–Crippen MR) is 132 cm³/mol. The summed E-state index contributed by atoms with van der Waals surface area (Å²) in [5.41, 5.74) is 1.17. The second-order valence-corrected chi connectivity index (χ2v) is 8.29. The molecule has 1 aliphatic rings. The van der Waals surface area contributed by atoms with Crippen LogP contribution in [-0.2, 0) is 9.59 Å². The summed E-state index contributed by atoms with van der Waals surface area (Å²) < 4.78 is 16.4. The third kappa shape index (κ3) is 7.01. The van der Waals surface area contributed by atoms with E-state index in [1.165, 1.54) is 7.11 Å². The minimum atomic E-state index is -0.544. The number of amides is 3. The standard InChI is InChI=1S/C25H25N3O6S/c1-3-33-19-9-7-18(8-10-19)27-23(29)16-28-24(30)22(35-25(28)31)15-17-6-11-20(21(14-17)32-2)34-13-5-4-12-26/h6-11,14-15H,3-5,13,16H2,1-2H3,(H,27,29)/b22-15-. The summed E-state index contributed by atoms with van der Waals surface area (Å²) in [5.74, 6) is 0.623. The summed E-state index contributed by atoms with van der Waals surface area (Å²) >= 11 is 0.769. The van der Waals surface area contributed by atoms with Gasteiger partial charge in [0.15, 0.2) is 11.5 Å². The van der Waals surface area contributed by atoms with Crippen LogP contribution in [0, 0.1) is 11.3 Å². The fraction of sp³-hybridized carbons (Fsp3) is 0.280. The van der Waals surface area contributed by atoms with Gasteiger partial charge in [-0.2, -0.15) is 5.26 Å². The molecule has 1 fully saturated rings. The number of methoxy groups -OCH3 is 1. The van der Waals surface area contributed by atoms with Gasteiger partial charge in [-0.05, 0) is 73.1 Å². The van der Waals surface area contributed by atoms with Crippen molar-refractivity contribution in [1.29, 1.82) is 5.26 Å². The van der Waals surface area contributed by atoms with E-state index in [0.717, 1.165) is 16.7 Å². The molecule has 0 spiro atoms. The fourth-order valence-corrected chi connectivity index (χ4v) is 4.00. The smallest absolute Gasteiger partial charge is 0.294 e. The minimum absolute atomic E-state index is 0.202. The third-order valence-electron chi connectivity index (χ3n) is 4.80. The summed E-state index contributed by atoms with van der Waals surface area (Å²) in [5, 5.41) is 10.8. The number of hydrogen-bond acceptors (Lipinski definition) is 8. The molecule has 182 valence electrons. The zero-order valence-corrected chi connectivity index (χ0v) is 20.2. The number of carbonyl (C=O) groups is 3. The quantitative estimate of drug-likeness (QED) is 0.359. The first-order chi connectivity index (χ1) is 16.9. The van der Waals surface area contributed by atoms with Gasteiger partial charge in [-0.1, -0.05) is 6.07 Å². The summed E-state index contributed by atoms with van der Waals surface area (Å²) in [6.45, 7) is 2.39. The molecule has 3 amide bonds. The number of ether oxygens (including phenoxy) is 3. The summed E-state index contributed by atoms with van der Waals surface area (Å²) in [7, 11) is 1.50. The Morgan fingerprint density at radius 1 is 1.14 bits per heavy atom. The van der Waals surface area contributed by atoms with E-state index in [1.54, 1.807) is 48.5 Å². The highest BCUT2D eigenvalue weighted by Gasteiger charge is 2.36. The number of nitrogens with one attached hydrogen (secondary N) is 1. The molecular weight excluding hydrogens is 470 g/mol. The summed E-state index contributed by atoms with van der Waals surface area (Å²) in [4.78, 5) is 38.7. The molecule has 1 aliphatic heterocycles. The molecule has 1 saturated heterocycles. The van der Waals surface area contributed by atoms with Gasteiger partial charge in [-0.15, -0.1) is 0 Å². The first-order valence-corrected chi connectivity index (χ1v) is 11.7. The van der Waals surface area contributed by atoms with E-state index in [2.05, 4.69) is 11.4 Å². The van der Waals surface area contributed by atoms with Gasteiger partial charge in [0.2, 0.25) is 5.91 Å². The van der Waals surface area contributed by atoms with Crippen LogP contribution in [0.2, 0.25) is 0 Å². The van der Waals surface area contributed by atoms with Crippen LogP contribution in [0.3, 0.4) is 0 Å². The fourth-order valence-electron chi connectivity index (χ4n) is 3.16. The van der Waals surface area contributed by atoms with Crippen molar-refractivity contribution in [3.05, 3.63) is 52.9 Å². The number of nitrogens with zero attached hydrogens (tertiary/aromatic N) is 2. The molecule has 9 nitrogen and oxygen atoms in total. The molecule has 0 aliphatic carbocycles. The average Bonchev–Trinajstić information content (AvgIpc) is 3.11. The van der Waals surface area contributed by atoms with Crippen molar-refractivity contribution >= 4 is 40.6 Å². The van der Waals surface area contributed by atoms with Crippen LogP contribution in [0.25, 0.3) is 6.08 Å². The monoisotopic (exact) mass is 495 g/mol. The van der Waals surface area contributed by atoms with Crippen LogP contribution in [-0.4, -0.2) is 48.8 Å². The van der Waals surface area contributed by atoms with Crippen molar-refractivity contribution in [2.45, 2.75) is 19.8 Å². The van der Waals surface area contributed by atoms with Crippen molar-refractivity contribution in [3.8, 4) is 23.3 Å². The zero-order chi connectivity index (χ0) is 25.2. The van der Waals surface area contributed by atoms with Gasteiger partial charge >= 0.3 is 0 Å². The Balaban J connectivity index is 1.63. The second kappa shape index (κ2) is 12.5. The molecule has 0 radical (unpaired) electrons. The van der Waals surface area contributed by atoms with Crippen molar-refractivity contribution in [3.63, 3.8) is 0 Å². The van der Waals surface area contributed by atoms with E-state index in [0.29, 0.717) is 54.6 Å². The molecule has 2 aromatic carbocycles. The van der Waals surface area contributed by atoms with Crippen molar-refractivity contribution in [2.24, 2.45) is 0 Å². The number of benzene rings is 2. The maximum Gasteiger partial charge on any atom is 0.294 e. The van der Waals surface area contributed by atoms with Gasteiger partial charge < -0.3 is 19.5 Å². The second-order valence-electron chi connectivity index (χ2n) is 7.29. The molecule has 1 heterocycles.